The van der Waals surface area contributed by atoms with Gasteiger partial charge in [0.05, 0.1) is 12.5 Å². The Morgan fingerprint density at radius 1 is 1.07 bits per heavy atom. The molecule has 1 aromatic rings. The minimum atomic E-state index is 0.221. The Hall–Kier alpha value is -1.47. The molecule has 0 radical (unpaired) electrons. The smallest absolute Gasteiger partial charge is 0.229 e. The van der Waals surface area contributed by atoms with E-state index in [1.54, 1.807) is 0 Å². The summed E-state index contributed by atoms with van der Waals surface area (Å²) in [5, 5.41) is 4.13. The van der Waals surface area contributed by atoms with Gasteiger partial charge in [-0.15, -0.1) is 0 Å². The lowest BCUT2D eigenvalue weighted by Gasteiger charge is -2.42. The summed E-state index contributed by atoms with van der Waals surface area (Å²) < 4.78 is 5.33. The summed E-state index contributed by atoms with van der Waals surface area (Å²) in [6.45, 7) is 11.1. The molecule has 1 amide bonds. The van der Waals surface area contributed by atoms with Crippen molar-refractivity contribution in [3.05, 3.63) is 11.7 Å². The quantitative estimate of drug-likeness (QED) is 0.771. The predicted molar refractivity (Wildman–Crippen MR) is 107 cm³/mol. The highest BCUT2D eigenvalue weighted by molar-refractivity contribution is 5.79. The molecule has 0 N–H and O–H groups in total. The zero-order valence-electron chi connectivity index (χ0n) is 17.5. The normalized spacial score (nSPS) is 25.7. The van der Waals surface area contributed by atoms with Crippen molar-refractivity contribution >= 4 is 5.91 Å². The van der Waals surface area contributed by atoms with E-state index in [2.05, 4.69) is 38.7 Å². The van der Waals surface area contributed by atoms with Crippen LogP contribution in [-0.4, -0.2) is 76.1 Å². The fourth-order valence-electron chi connectivity index (χ4n) is 4.94. The van der Waals surface area contributed by atoms with Crippen LogP contribution in [0, 0.1) is 5.92 Å². The SMILES string of the molecule is CC(C)c1nc(CN2CCC(N3CCC[C@@H](C(=O)N4CCCC4)C3)CC2)no1. The van der Waals surface area contributed by atoms with Gasteiger partial charge in [0.1, 0.15) is 0 Å². The maximum Gasteiger partial charge on any atom is 0.229 e. The number of rotatable bonds is 5. The second-order valence-electron chi connectivity index (χ2n) is 9.08. The number of amides is 1. The van der Waals surface area contributed by atoms with Crippen LogP contribution in [0.4, 0.5) is 0 Å². The fourth-order valence-corrected chi connectivity index (χ4v) is 4.94. The van der Waals surface area contributed by atoms with Gasteiger partial charge in [-0.3, -0.25) is 14.6 Å². The highest BCUT2D eigenvalue weighted by Gasteiger charge is 2.34. The van der Waals surface area contributed by atoms with Gasteiger partial charge >= 0.3 is 0 Å². The number of carbonyl (C=O) groups excluding carboxylic acids is 1. The van der Waals surface area contributed by atoms with Gasteiger partial charge in [0, 0.05) is 44.7 Å². The van der Waals surface area contributed by atoms with Crippen molar-refractivity contribution in [2.75, 3.05) is 39.3 Å². The molecule has 0 unspecified atom stereocenters. The standard InChI is InChI=1S/C21H35N5O2/c1-16(2)20-22-19(23-28-20)15-24-12-7-18(8-13-24)26-11-5-6-17(14-26)21(27)25-9-3-4-10-25/h16-18H,3-15H2,1-2H3/t17-/m1/s1. The maximum atomic E-state index is 12.8. The molecule has 0 bridgehead atoms. The van der Waals surface area contributed by atoms with Gasteiger partial charge in [-0.25, -0.2) is 0 Å². The van der Waals surface area contributed by atoms with Crippen LogP contribution < -0.4 is 0 Å². The zero-order valence-corrected chi connectivity index (χ0v) is 17.5. The number of hydrogen-bond donors (Lipinski definition) is 0. The highest BCUT2D eigenvalue weighted by Crippen LogP contribution is 2.26. The Kier molecular flexibility index (Phi) is 6.31. The molecule has 0 aromatic carbocycles. The number of piperidine rings is 2. The van der Waals surface area contributed by atoms with Crippen LogP contribution in [0.25, 0.3) is 0 Å². The Balaban J connectivity index is 1.25. The van der Waals surface area contributed by atoms with Crippen molar-refractivity contribution in [2.24, 2.45) is 5.92 Å². The summed E-state index contributed by atoms with van der Waals surface area (Å²) in [6.07, 6.45) is 6.92. The lowest BCUT2D eigenvalue weighted by Crippen LogP contribution is -2.51. The van der Waals surface area contributed by atoms with E-state index in [1.807, 2.05) is 0 Å². The molecule has 0 saturated carbocycles. The third-order valence-electron chi connectivity index (χ3n) is 6.64. The molecule has 3 aliphatic rings. The largest absolute Gasteiger partial charge is 0.342 e. The van der Waals surface area contributed by atoms with Crippen molar-refractivity contribution in [1.29, 1.82) is 0 Å². The molecule has 1 aromatic heterocycles. The summed E-state index contributed by atoms with van der Waals surface area (Å²) in [5.41, 5.74) is 0. The first-order valence-corrected chi connectivity index (χ1v) is 11.2. The van der Waals surface area contributed by atoms with Crippen LogP contribution in [-0.2, 0) is 11.3 Å². The van der Waals surface area contributed by atoms with E-state index in [0.717, 1.165) is 70.4 Å². The summed E-state index contributed by atoms with van der Waals surface area (Å²) in [4.78, 5) is 24.4. The van der Waals surface area contributed by atoms with E-state index < -0.39 is 0 Å². The average molecular weight is 390 g/mol. The zero-order chi connectivity index (χ0) is 19.5. The van der Waals surface area contributed by atoms with Crippen molar-refractivity contribution in [1.82, 2.24) is 24.8 Å². The number of carbonyl (C=O) groups is 1. The van der Waals surface area contributed by atoms with Gasteiger partial charge < -0.3 is 9.42 Å². The Labute approximate surface area is 168 Å². The Bertz CT molecular complexity index is 647. The molecule has 28 heavy (non-hydrogen) atoms. The first kappa shape index (κ1) is 19.8. The minimum Gasteiger partial charge on any atom is -0.342 e. The molecular formula is C21H35N5O2. The molecule has 7 nitrogen and oxygen atoms in total. The van der Waals surface area contributed by atoms with Crippen molar-refractivity contribution in [2.45, 2.75) is 70.9 Å². The van der Waals surface area contributed by atoms with Gasteiger partial charge in [0.15, 0.2) is 5.82 Å². The number of nitrogens with zero attached hydrogens (tertiary/aromatic N) is 5. The molecule has 3 saturated heterocycles. The molecule has 1 atom stereocenters. The average Bonchev–Trinajstić information content (AvgIpc) is 3.40. The maximum absolute atomic E-state index is 12.8. The van der Waals surface area contributed by atoms with Crippen LogP contribution in [0.3, 0.4) is 0 Å². The van der Waals surface area contributed by atoms with Crippen LogP contribution in [0.2, 0.25) is 0 Å². The van der Waals surface area contributed by atoms with E-state index in [0.29, 0.717) is 11.9 Å². The van der Waals surface area contributed by atoms with E-state index >= 15 is 0 Å². The van der Waals surface area contributed by atoms with E-state index in [9.17, 15) is 4.79 Å². The minimum absolute atomic E-state index is 0.221. The Morgan fingerprint density at radius 3 is 2.50 bits per heavy atom. The first-order valence-electron chi connectivity index (χ1n) is 11.2. The van der Waals surface area contributed by atoms with Crippen molar-refractivity contribution in [3.8, 4) is 0 Å². The molecule has 4 heterocycles. The van der Waals surface area contributed by atoms with Crippen LogP contribution in [0.15, 0.2) is 4.52 Å². The predicted octanol–water partition coefficient (Wildman–Crippen LogP) is 2.49. The summed E-state index contributed by atoms with van der Waals surface area (Å²) in [5.74, 6) is 2.45. The van der Waals surface area contributed by atoms with Crippen molar-refractivity contribution < 1.29 is 9.32 Å². The molecule has 4 rings (SSSR count). The number of aromatic nitrogens is 2. The van der Waals surface area contributed by atoms with Crippen LogP contribution >= 0.6 is 0 Å². The summed E-state index contributed by atoms with van der Waals surface area (Å²) in [7, 11) is 0. The lowest BCUT2D eigenvalue weighted by atomic mass is 9.93. The number of hydrogen-bond acceptors (Lipinski definition) is 6. The third kappa shape index (κ3) is 4.57. The molecule has 7 heteroatoms. The van der Waals surface area contributed by atoms with E-state index in [4.69, 9.17) is 4.52 Å². The van der Waals surface area contributed by atoms with Gasteiger partial charge in [0.2, 0.25) is 11.8 Å². The second-order valence-corrected chi connectivity index (χ2v) is 9.08. The molecule has 156 valence electrons. The molecule has 3 fully saturated rings. The van der Waals surface area contributed by atoms with Crippen molar-refractivity contribution in [3.63, 3.8) is 0 Å². The number of likely N-dealkylation sites (tertiary alicyclic amines) is 3. The highest BCUT2D eigenvalue weighted by atomic mass is 16.5. The van der Waals surface area contributed by atoms with E-state index in [-0.39, 0.29) is 11.8 Å². The van der Waals surface area contributed by atoms with Gasteiger partial charge in [-0.1, -0.05) is 19.0 Å². The summed E-state index contributed by atoms with van der Waals surface area (Å²) >= 11 is 0. The van der Waals surface area contributed by atoms with Gasteiger partial charge in [-0.05, 0) is 45.1 Å². The molecular weight excluding hydrogens is 354 g/mol. The van der Waals surface area contributed by atoms with E-state index in [1.165, 1.54) is 25.7 Å². The monoisotopic (exact) mass is 389 g/mol. The Morgan fingerprint density at radius 2 is 1.82 bits per heavy atom. The topological polar surface area (TPSA) is 65.7 Å². The molecule has 0 aliphatic carbocycles. The molecule has 0 spiro atoms. The summed E-state index contributed by atoms with van der Waals surface area (Å²) in [6, 6.07) is 0.613. The van der Waals surface area contributed by atoms with Crippen LogP contribution in [0.1, 0.15) is 70.0 Å². The van der Waals surface area contributed by atoms with Gasteiger partial charge in [0.25, 0.3) is 0 Å². The lowest BCUT2D eigenvalue weighted by molar-refractivity contribution is -0.136. The fraction of sp³-hybridized carbons (Fsp3) is 0.857. The molecule has 3 aliphatic heterocycles. The third-order valence-corrected chi connectivity index (χ3v) is 6.64. The second kappa shape index (κ2) is 8.91. The first-order chi connectivity index (χ1) is 13.6. The van der Waals surface area contributed by atoms with Gasteiger partial charge in [-0.2, -0.15) is 4.98 Å². The van der Waals surface area contributed by atoms with Crippen LogP contribution in [0.5, 0.6) is 0 Å².